The molecule has 0 atom stereocenters. The first-order valence-electron chi connectivity index (χ1n) is 5.29. The zero-order valence-electron chi connectivity index (χ0n) is 9.80. The minimum absolute atomic E-state index is 0.0208. The molecule has 1 amide bonds. The summed E-state index contributed by atoms with van der Waals surface area (Å²) in [7, 11) is 0. The number of halogens is 2. The number of benzene rings is 1. The lowest BCUT2D eigenvalue weighted by atomic mass is 10.2. The van der Waals surface area contributed by atoms with E-state index in [0.717, 1.165) is 0 Å². The average Bonchev–Trinajstić information content (AvgIpc) is 2.38. The second-order valence-electron chi connectivity index (χ2n) is 3.68. The Balaban J connectivity index is 2.20. The van der Waals surface area contributed by atoms with Crippen LogP contribution in [0.4, 0.5) is 5.69 Å². The number of aromatic carboxylic acids is 1. The molecule has 0 spiro atoms. The maximum absolute atomic E-state index is 11.9. The summed E-state index contributed by atoms with van der Waals surface area (Å²) in [5.41, 5.74) is 0.329. The Morgan fingerprint density at radius 3 is 2.55 bits per heavy atom. The number of carbonyl (C=O) groups is 2. The Bertz CT molecular complexity index is 691. The summed E-state index contributed by atoms with van der Waals surface area (Å²) in [6, 6.07) is 4.05. The fourth-order valence-corrected chi connectivity index (χ4v) is 1.82. The molecule has 1 aromatic carbocycles. The second-order valence-corrected chi connectivity index (χ2v) is 4.48. The molecule has 2 N–H and O–H groups in total. The van der Waals surface area contributed by atoms with E-state index in [2.05, 4.69) is 15.3 Å². The van der Waals surface area contributed by atoms with Gasteiger partial charge in [-0.1, -0.05) is 23.2 Å². The van der Waals surface area contributed by atoms with Crippen LogP contribution in [0.2, 0.25) is 10.2 Å². The number of aromatic nitrogens is 2. The summed E-state index contributed by atoms with van der Waals surface area (Å²) < 4.78 is 0. The summed E-state index contributed by atoms with van der Waals surface area (Å²) in [6.45, 7) is 0. The van der Waals surface area contributed by atoms with Crippen LogP contribution in [0.1, 0.15) is 20.8 Å². The van der Waals surface area contributed by atoms with Crippen LogP contribution in [-0.4, -0.2) is 27.0 Å². The van der Waals surface area contributed by atoms with E-state index in [1.807, 2.05) is 0 Å². The van der Waals surface area contributed by atoms with Crippen LogP contribution in [-0.2, 0) is 0 Å². The summed E-state index contributed by atoms with van der Waals surface area (Å²) in [5.74, 6) is -1.67. The molecule has 2 rings (SSSR count). The zero-order chi connectivity index (χ0) is 14.7. The molecule has 8 heteroatoms. The third-order valence-corrected chi connectivity index (χ3v) is 2.79. The number of rotatable bonds is 3. The number of nitrogens with zero attached hydrogens (tertiary/aromatic N) is 2. The minimum Gasteiger partial charge on any atom is -0.478 e. The molecule has 0 saturated heterocycles. The second kappa shape index (κ2) is 5.85. The molecular weight excluding hydrogens is 305 g/mol. The van der Waals surface area contributed by atoms with E-state index in [0.29, 0.717) is 5.69 Å². The van der Waals surface area contributed by atoms with Gasteiger partial charge in [-0.25, -0.2) is 9.78 Å². The lowest BCUT2D eigenvalue weighted by Crippen LogP contribution is -2.14. The number of hydrogen-bond donors (Lipinski definition) is 2. The van der Waals surface area contributed by atoms with Gasteiger partial charge in [0.15, 0.2) is 0 Å². The molecule has 102 valence electrons. The summed E-state index contributed by atoms with van der Waals surface area (Å²) in [5, 5.41) is 11.5. The van der Waals surface area contributed by atoms with Gasteiger partial charge in [0.25, 0.3) is 5.91 Å². The van der Waals surface area contributed by atoms with E-state index in [4.69, 9.17) is 28.3 Å². The highest BCUT2D eigenvalue weighted by Gasteiger charge is 2.12. The molecule has 0 saturated carbocycles. The summed E-state index contributed by atoms with van der Waals surface area (Å²) in [4.78, 5) is 30.2. The molecule has 0 bridgehead atoms. The Kier molecular flexibility index (Phi) is 4.16. The fourth-order valence-electron chi connectivity index (χ4n) is 1.41. The average molecular weight is 312 g/mol. The van der Waals surface area contributed by atoms with Crippen LogP contribution in [0.5, 0.6) is 0 Å². The number of nitrogens with one attached hydrogen (secondary N) is 1. The highest BCUT2D eigenvalue weighted by molar-refractivity contribution is 6.34. The number of amides is 1. The van der Waals surface area contributed by atoms with Gasteiger partial charge in [0.1, 0.15) is 10.8 Å². The molecule has 20 heavy (non-hydrogen) atoms. The molecule has 0 aliphatic carbocycles. The highest BCUT2D eigenvalue weighted by atomic mass is 35.5. The first kappa shape index (κ1) is 14.2. The van der Waals surface area contributed by atoms with Crippen LogP contribution in [0.3, 0.4) is 0 Å². The van der Waals surface area contributed by atoms with Crippen molar-refractivity contribution in [3.63, 3.8) is 0 Å². The number of carboxylic acid groups (broad SMARTS) is 1. The smallest absolute Gasteiger partial charge is 0.337 e. The van der Waals surface area contributed by atoms with Crippen LogP contribution in [0.25, 0.3) is 0 Å². The Labute approximate surface area is 123 Å². The first-order valence-corrected chi connectivity index (χ1v) is 6.04. The van der Waals surface area contributed by atoms with Crippen molar-refractivity contribution >= 4 is 40.8 Å². The summed E-state index contributed by atoms with van der Waals surface area (Å²) >= 11 is 11.4. The third-order valence-electron chi connectivity index (χ3n) is 2.30. The van der Waals surface area contributed by atoms with Crippen molar-refractivity contribution in [1.29, 1.82) is 0 Å². The van der Waals surface area contributed by atoms with Crippen LogP contribution in [0.15, 0.2) is 30.6 Å². The third kappa shape index (κ3) is 3.23. The molecule has 0 radical (unpaired) electrons. The number of carboxylic acids is 1. The van der Waals surface area contributed by atoms with Crippen molar-refractivity contribution in [3.8, 4) is 0 Å². The van der Waals surface area contributed by atoms with Gasteiger partial charge in [0.2, 0.25) is 0 Å². The van der Waals surface area contributed by atoms with Crippen LogP contribution in [0, 0.1) is 0 Å². The monoisotopic (exact) mass is 311 g/mol. The Morgan fingerprint density at radius 2 is 1.95 bits per heavy atom. The molecule has 1 heterocycles. The van der Waals surface area contributed by atoms with E-state index in [1.165, 1.54) is 30.6 Å². The van der Waals surface area contributed by atoms with E-state index < -0.39 is 11.9 Å². The largest absolute Gasteiger partial charge is 0.478 e. The Morgan fingerprint density at radius 1 is 1.20 bits per heavy atom. The number of carbonyl (C=O) groups excluding carboxylic acids is 1. The SMILES string of the molecule is O=C(Nc1ccc(C(=O)O)c(Cl)c1)c1cncc(Cl)n1. The fraction of sp³-hybridized carbons (Fsp3) is 0. The van der Waals surface area contributed by atoms with Gasteiger partial charge < -0.3 is 10.4 Å². The molecule has 0 fully saturated rings. The first-order chi connectivity index (χ1) is 9.47. The van der Waals surface area contributed by atoms with Gasteiger partial charge >= 0.3 is 5.97 Å². The maximum Gasteiger partial charge on any atom is 0.337 e. The van der Waals surface area contributed by atoms with E-state index in [9.17, 15) is 9.59 Å². The standard InChI is InChI=1S/C12H7Cl2N3O3/c13-8-3-6(1-2-7(8)12(19)20)16-11(18)9-4-15-5-10(14)17-9/h1-5H,(H,16,18)(H,19,20). The predicted octanol–water partition coefficient (Wildman–Crippen LogP) is 2.73. The van der Waals surface area contributed by atoms with Crippen LogP contribution >= 0.6 is 23.2 Å². The molecule has 6 nitrogen and oxygen atoms in total. The minimum atomic E-state index is -1.14. The number of hydrogen-bond acceptors (Lipinski definition) is 4. The molecule has 0 aliphatic heterocycles. The van der Waals surface area contributed by atoms with Crippen molar-refractivity contribution in [2.75, 3.05) is 5.32 Å². The lowest BCUT2D eigenvalue weighted by molar-refractivity contribution is 0.0697. The zero-order valence-corrected chi connectivity index (χ0v) is 11.3. The highest BCUT2D eigenvalue weighted by Crippen LogP contribution is 2.21. The van der Waals surface area contributed by atoms with Crippen molar-refractivity contribution in [2.24, 2.45) is 0 Å². The molecule has 0 aliphatic rings. The molecule has 1 aromatic heterocycles. The number of anilines is 1. The van der Waals surface area contributed by atoms with Crippen molar-refractivity contribution in [3.05, 3.63) is 52.0 Å². The van der Waals surface area contributed by atoms with Gasteiger partial charge in [0, 0.05) is 5.69 Å². The van der Waals surface area contributed by atoms with Crippen molar-refractivity contribution < 1.29 is 14.7 Å². The predicted molar refractivity (Wildman–Crippen MR) is 73.4 cm³/mol. The van der Waals surface area contributed by atoms with E-state index in [-0.39, 0.29) is 21.4 Å². The Hall–Kier alpha value is -2.18. The van der Waals surface area contributed by atoms with Gasteiger partial charge in [0.05, 0.1) is 23.0 Å². The molecular formula is C12H7Cl2N3O3. The van der Waals surface area contributed by atoms with Crippen molar-refractivity contribution in [1.82, 2.24) is 9.97 Å². The topological polar surface area (TPSA) is 92.2 Å². The van der Waals surface area contributed by atoms with Gasteiger partial charge in [-0.15, -0.1) is 0 Å². The van der Waals surface area contributed by atoms with E-state index in [1.54, 1.807) is 0 Å². The molecule has 2 aromatic rings. The van der Waals surface area contributed by atoms with Gasteiger partial charge in [-0.2, -0.15) is 0 Å². The van der Waals surface area contributed by atoms with Crippen molar-refractivity contribution in [2.45, 2.75) is 0 Å². The van der Waals surface area contributed by atoms with Gasteiger partial charge in [-0.05, 0) is 18.2 Å². The summed E-state index contributed by atoms with van der Waals surface area (Å²) in [6.07, 6.45) is 2.56. The quantitative estimate of drug-likeness (QED) is 0.909. The van der Waals surface area contributed by atoms with Gasteiger partial charge in [-0.3, -0.25) is 9.78 Å². The normalized spacial score (nSPS) is 10.1. The van der Waals surface area contributed by atoms with E-state index >= 15 is 0 Å². The molecule has 0 unspecified atom stereocenters. The maximum atomic E-state index is 11.9. The lowest BCUT2D eigenvalue weighted by Gasteiger charge is -2.06. The van der Waals surface area contributed by atoms with Crippen LogP contribution < -0.4 is 5.32 Å².